The highest BCUT2D eigenvalue weighted by molar-refractivity contribution is 5.70. The lowest BCUT2D eigenvalue weighted by Crippen LogP contribution is -2.06. The molecule has 0 aliphatic heterocycles. The van der Waals surface area contributed by atoms with Gasteiger partial charge in [-0.15, -0.1) is 0 Å². The maximum atomic E-state index is 4.64. The lowest BCUT2D eigenvalue weighted by atomic mass is 10.1. The number of anilines is 3. The van der Waals surface area contributed by atoms with Gasteiger partial charge in [0.05, 0.1) is 5.69 Å². The van der Waals surface area contributed by atoms with Crippen LogP contribution in [0.3, 0.4) is 0 Å². The van der Waals surface area contributed by atoms with Crippen molar-refractivity contribution in [2.45, 2.75) is 27.2 Å². The molecule has 0 bridgehead atoms. The minimum atomic E-state index is 0.637. The number of aryl methyl sites for hydroxylation is 2. The van der Waals surface area contributed by atoms with Gasteiger partial charge in [0, 0.05) is 23.9 Å². The molecule has 0 radical (unpaired) electrons. The first-order valence-corrected chi connectivity index (χ1v) is 8.75. The Labute approximate surface area is 149 Å². The third kappa shape index (κ3) is 3.97. The lowest BCUT2D eigenvalue weighted by Gasteiger charge is -2.15. The van der Waals surface area contributed by atoms with E-state index < -0.39 is 0 Å². The van der Waals surface area contributed by atoms with Gasteiger partial charge in [-0.25, -0.2) is 4.98 Å². The normalized spacial score (nSPS) is 10.5. The average molecular weight is 332 g/mol. The highest BCUT2D eigenvalue weighted by Crippen LogP contribution is 2.27. The molecule has 0 atom stereocenters. The van der Waals surface area contributed by atoms with E-state index in [4.69, 9.17) is 0 Å². The molecule has 3 aromatic rings. The number of nitrogens with one attached hydrogen (secondary N) is 2. The van der Waals surface area contributed by atoms with Crippen LogP contribution in [0.1, 0.15) is 25.0 Å². The van der Waals surface area contributed by atoms with Gasteiger partial charge >= 0.3 is 0 Å². The largest absolute Gasteiger partial charge is 0.354 e. The first-order chi connectivity index (χ1) is 12.2. The first kappa shape index (κ1) is 17.0. The van der Waals surface area contributed by atoms with Crippen molar-refractivity contribution in [3.05, 3.63) is 65.7 Å². The van der Waals surface area contributed by atoms with Crippen molar-refractivity contribution in [3.8, 4) is 11.3 Å². The van der Waals surface area contributed by atoms with Gasteiger partial charge in [-0.1, -0.05) is 55.5 Å². The average Bonchev–Trinajstić information content (AvgIpc) is 2.64. The molecule has 2 aromatic carbocycles. The van der Waals surface area contributed by atoms with Crippen LogP contribution in [0.5, 0.6) is 0 Å². The second-order valence-electron chi connectivity index (χ2n) is 5.95. The zero-order valence-corrected chi connectivity index (χ0v) is 15.0. The van der Waals surface area contributed by atoms with Crippen molar-refractivity contribution in [2.24, 2.45) is 0 Å². The summed E-state index contributed by atoms with van der Waals surface area (Å²) in [5, 5.41) is 6.73. The maximum Gasteiger partial charge on any atom is 0.225 e. The summed E-state index contributed by atoms with van der Waals surface area (Å²) in [5.74, 6) is 1.44. The number of benzene rings is 2. The van der Waals surface area contributed by atoms with Crippen molar-refractivity contribution >= 4 is 17.5 Å². The second-order valence-corrected chi connectivity index (χ2v) is 5.95. The van der Waals surface area contributed by atoms with E-state index in [1.807, 2.05) is 31.2 Å². The van der Waals surface area contributed by atoms with Gasteiger partial charge in [-0.05, 0) is 31.4 Å². The minimum Gasteiger partial charge on any atom is -0.354 e. The summed E-state index contributed by atoms with van der Waals surface area (Å²) in [6.07, 6.45) is 0.973. The van der Waals surface area contributed by atoms with Crippen LogP contribution in [-0.4, -0.2) is 16.5 Å². The summed E-state index contributed by atoms with van der Waals surface area (Å²) in [5.41, 5.74) is 5.60. The highest BCUT2D eigenvalue weighted by atomic mass is 15.1. The van der Waals surface area contributed by atoms with Gasteiger partial charge in [0.1, 0.15) is 5.82 Å². The molecule has 4 heteroatoms. The fourth-order valence-electron chi connectivity index (χ4n) is 2.84. The first-order valence-electron chi connectivity index (χ1n) is 8.75. The molecule has 1 aromatic heterocycles. The second kappa shape index (κ2) is 7.79. The third-order valence-corrected chi connectivity index (χ3v) is 4.12. The van der Waals surface area contributed by atoms with Crippen molar-refractivity contribution in [1.82, 2.24) is 9.97 Å². The molecule has 0 spiro atoms. The van der Waals surface area contributed by atoms with Gasteiger partial charge in [0.15, 0.2) is 0 Å². The number of nitrogens with zero attached hydrogens (tertiary/aromatic N) is 2. The number of aromatic nitrogens is 2. The van der Waals surface area contributed by atoms with Gasteiger partial charge in [-0.2, -0.15) is 4.98 Å². The Hall–Kier alpha value is -2.88. The number of hydrogen-bond donors (Lipinski definition) is 2. The Bertz CT molecular complexity index is 844. The molecule has 3 rings (SSSR count). The van der Waals surface area contributed by atoms with Crippen LogP contribution >= 0.6 is 0 Å². The molecular weight excluding hydrogens is 308 g/mol. The molecule has 4 nitrogen and oxygen atoms in total. The summed E-state index contributed by atoms with van der Waals surface area (Å²) in [7, 11) is 0. The van der Waals surface area contributed by atoms with Gasteiger partial charge < -0.3 is 10.6 Å². The Morgan fingerprint density at radius 2 is 1.72 bits per heavy atom. The van der Waals surface area contributed by atoms with Crippen LogP contribution in [0.25, 0.3) is 11.3 Å². The number of para-hydroxylation sites is 1. The van der Waals surface area contributed by atoms with E-state index in [9.17, 15) is 0 Å². The van der Waals surface area contributed by atoms with E-state index in [1.165, 1.54) is 11.1 Å². The zero-order chi connectivity index (χ0) is 17.6. The van der Waals surface area contributed by atoms with Crippen molar-refractivity contribution in [3.63, 3.8) is 0 Å². The smallest absolute Gasteiger partial charge is 0.225 e. The molecule has 0 aliphatic carbocycles. The van der Waals surface area contributed by atoms with Gasteiger partial charge in [0.25, 0.3) is 0 Å². The monoisotopic (exact) mass is 332 g/mol. The van der Waals surface area contributed by atoms with E-state index in [0.29, 0.717) is 5.95 Å². The summed E-state index contributed by atoms with van der Waals surface area (Å²) >= 11 is 0. The van der Waals surface area contributed by atoms with E-state index in [2.05, 4.69) is 64.8 Å². The van der Waals surface area contributed by atoms with E-state index >= 15 is 0 Å². The Balaban J connectivity index is 2.03. The summed E-state index contributed by atoms with van der Waals surface area (Å²) in [6.45, 7) is 7.11. The van der Waals surface area contributed by atoms with Crippen LogP contribution in [0.2, 0.25) is 0 Å². The van der Waals surface area contributed by atoms with E-state index in [1.54, 1.807) is 0 Å². The van der Waals surface area contributed by atoms with E-state index in [-0.39, 0.29) is 0 Å². The molecule has 2 N–H and O–H groups in total. The van der Waals surface area contributed by atoms with E-state index in [0.717, 1.165) is 35.7 Å². The predicted molar refractivity (Wildman–Crippen MR) is 105 cm³/mol. The lowest BCUT2D eigenvalue weighted by molar-refractivity contribution is 1.08. The Morgan fingerprint density at radius 3 is 2.44 bits per heavy atom. The van der Waals surface area contributed by atoms with Crippen molar-refractivity contribution < 1.29 is 0 Å². The van der Waals surface area contributed by atoms with Crippen LogP contribution in [0.4, 0.5) is 17.5 Å². The zero-order valence-electron chi connectivity index (χ0n) is 15.0. The standard InChI is InChI=1S/C21H24N4/c1-4-16-13-9-10-15(3)20(16)24-19-14-18(17-11-7-6-8-12-17)23-21(25-19)22-5-2/h6-14H,4-5H2,1-3H3,(H2,22,23,24,25). The van der Waals surface area contributed by atoms with Gasteiger partial charge in [0.2, 0.25) is 5.95 Å². The number of rotatable bonds is 6. The van der Waals surface area contributed by atoms with Crippen LogP contribution in [0.15, 0.2) is 54.6 Å². The maximum absolute atomic E-state index is 4.64. The molecule has 0 saturated carbocycles. The topological polar surface area (TPSA) is 49.8 Å². The Kier molecular flexibility index (Phi) is 5.29. The molecular formula is C21H24N4. The SMILES string of the molecule is CCNc1nc(Nc2c(C)cccc2CC)cc(-c2ccccc2)n1. The molecule has 0 amide bonds. The van der Waals surface area contributed by atoms with Crippen molar-refractivity contribution in [1.29, 1.82) is 0 Å². The minimum absolute atomic E-state index is 0.637. The molecule has 0 fully saturated rings. The molecule has 0 saturated heterocycles. The Morgan fingerprint density at radius 1 is 0.920 bits per heavy atom. The highest BCUT2D eigenvalue weighted by Gasteiger charge is 2.09. The molecule has 0 unspecified atom stereocenters. The van der Waals surface area contributed by atoms with Crippen molar-refractivity contribution in [2.75, 3.05) is 17.2 Å². The number of hydrogen-bond acceptors (Lipinski definition) is 4. The molecule has 1 heterocycles. The summed E-state index contributed by atoms with van der Waals surface area (Å²) in [6, 6.07) is 18.5. The molecule has 128 valence electrons. The summed E-state index contributed by atoms with van der Waals surface area (Å²) in [4.78, 5) is 9.26. The van der Waals surface area contributed by atoms with Gasteiger partial charge in [-0.3, -0.25) is 0 Å². The fraction of sp³-hybridized carbons (Fsp3) is 0.238. The van der Waals surface area contributed by atoms with Crippen LogP contribution in [-0.2, 0) is 6.42 Å². The van der Waals surface area contributed by atoms with Crippen LogP contribution in [0, 0.1) is 6.92 Å². The third-order valence-electron chi connectivity index (χ3n) is 4.12. The van der Waals surface area contributed by atoms with Crippen LogP contribution < -0.4 is 10.6 Å². The molecule has 0 aliphatic rings. The fourth-order valence-corrected chi connectivity index (χ4v) is 2.84. The molecule has 25 heavy (non-hydrogen) atoms. The quantitative estimate of drug-likeness (QED) is 0.652. The predicted octanol–water partition coefficient (Wildman–Crippen LogP) is 5.19. The summed E-state index contributed by atoms with van der Waals surface area (Å²) < 4.78 is 0.